The van der Waals surface area contributed by atoms with Gasteiger partial charge in [0.25, 0.3) is 0 Å². The van der Waals surface area contributed by atoms with Gasteiger partial charge in [0, 0.05) is 32.6 Å². The van der Waals surface area contributed by atoms with E-state index in [9.17, 15) is 26.4 Å². The highest BCUT2D eigenvalue weighted by Crippen LogP contribution is 2.26. The standard InChI is InChI=1S/C18H21F3N2O4S/c19-18(20,21)27-15-5-7-16(8-6-15)28(25,26)23-11-9-22(10-12-23)17(24)13-14-3-1-2-4-14/h1,3,5-8,14H,2,4,9-13H2/t14-/m0/s1. The lowest BCUT2D eigenvalue weighted by Crippen LogP contribution is -2.50. The van der Waals surface area contributed by atoms with Crippen LogP contribution in [0.5, 0.6) is 5.75 Å². The smallest absolute Gasteiger partial charge is 0.406 e. The predicted molar refractivity (Wildman–Crippen MR) is 94.9 cm³/mol. The maximum absolute atomic E-state index is 12.7. The van der Waals surface area contributed by atoms with Crippen LogP contribution in [0.3, 0.4) is 0 Å². The van der Waals surface area contributed by atoms with Crippen LogP contribution in [0.25, 0.3) is 0 Å². The monoisotopic (exact) mass is 418 g/mol. The van der Waals surface area contributed by atoms with Crippen molar-refractivity contribution in [1.29, 1.82) is 0 Å². The Bertz CT molecular complexity index is 829. The number of alkyl halides is 3. The third-order valence-corrected chi connectivity index (χ3v) is 6.75. The summed E-state index contributed by atoms with van der Waals surface area (Å²) in [5, 5.41) is 0. The molecule has 0 saturated carbocycles. The molecule has 1 aromatic rings. The first-order valence-corrected chi connectivity index (χ1v) is 10.4. The van der Waals surface area contributed by atoms with Crippen LogP contribution in [0, 0.1) is 5.92 Å². The number of rotatable bonds is 5. The largest absolute Gasteiger partial charge is 0.573 e. The van der Waals surface area contributed by atoms with E-state index in [1.165, 1.54) is 4.31 Å². The molecule has 1 aromatic carbocycles. The number of benzene rings is 1. The lowest BCUT2D eigenvalue weighted by atomic mass is 10.0. The lowest BCUT2D eigenvalue weighted by molar-refractivity contribution is -0.274. The summed E-state index contributed by atoms with van der Waals surface area (Å²) in [5.41, 5.74) is 0. The molecular weight excluding hydrogens is 397 g/mol. The Kier molecular flexibility index (Phi) is 5.99. The molecule has 1 saturated heterocycles. The van der Waals surface area contributed by atoms with Crippen LogP contribution in [0.4, 0.5) is 13.2 Å². The van der Waals surface area contributed by atoms with Gasteiger partial charge in [-0.2, -0.15) is 4.31 Å². The predicted octanol–water partition coefficient (Wildman–Crippen LogP) is 2.77. The summed E-state index contributed by atoms with van der Waals surface area (Å²) in [6.45, 7) is 0.887. The number of hydrogen-bond acceptors (Lipinski definition) is 4. The zero-order chi connectivity index (χ0) is 20.4. The third-order valence-electron chi connectivity index (χ3n) is 4.84. The van der Waals surface area contributed by atoms with Gasteiger partial charge in [-0.3, -0.25) is 4.79 Å². The van der Waals surface area contributed by atoms with Gasteiger partial charge < -0.3 is 9.64 Å². The number of piperazine rings is 1. The van der Waals surface area contributed by atoms with Crippen LogP contribution >= 0.6 is 0 Å². The Balaban J connectivity index is 1.58. The fraction of sp³-hybridized carbons (Fsp3) is 0.500. The van der Waals surface area contributed by atoms with Crippen LogP contribution in [-0.2, 0) is 14.8 Å². The lowest BCUT2D eigenvalue weighted by Gasteiger charge is -2.34. The molecule has 154 valence electrons. The van der Waals surface area contributed by atoms with Crippen LogP contribution in [-0.4, -0.2) is 56.1 Å². The maximum atomic E-state index is 12.7. The van der Waals surface area contributed by atoms with E-state index in [1.54, 1.807) is 4.90 Å². The second-order valence-electron chi connectivity index (χ2n) is 6.77. The van der Waals surface area contributed by atoms with Crippen molar-refractivity contribution in [2.45, 2.75) is 30.5 Å². The number of sulfonamides is 1. The Labute approximate surface area is 161 Å². The molecule has 6 nitrogen and oxygen atoms in total. The zero-order valence-corrected chi connectivity index (χ0v) is 15.9. The Morgan fingerprint density at radius 1 is 1.11 bits per heavy atom. The molecule has 1 fully saturated rings. The van der Waals surface area contributed by atoms with Gasteiger partial charge in [-0.1, -0.05) is 12.2 Å². The number of amides is 1. The van der Waals surface area contributed by atoms with Crippen molar-refractivity contribution in [3.05, 3.63) is 36.4 Å². The molecule has 1 aliphatic carbocycles. The minimum Gasteiger partial charge on any atom is -0.406 e. The molecule has 3 rings (SSSR count). The van der Waals surface area contributed by atoms with Crippen molar-refractivity contribution in [3.63, 3.8) is 0 Å². The van der Waals surface area contributed by atoms with Crippen LogP contribution in [0.15, 0.2) is 41.3 Å². The molecule has 1 atom stereocenters. The molecule has 0 N–H and O–H groups in total. The molecule has 28 heavy (non-hydrogen) atoms. The first-order valence-electron chi connectivity index (χ1n) is 8.95. The molecule has 1 amide bonds. The van der Waals surface area contributed by atoms with Crippen molar-refractivity contribution < 1.29 is 31.1 Å². The molecule has 0 radical (unpaired) electrons. The van der Waals surface area contributed by atoms with E-state index < -0.39 is 22.1 Å². The molecule has 1 heterocycles. The van der Waals surface area contributed by atoms with Gasteiger partial charge in [0.2, 0.25) is 15.9 Å². The molecule has 1 aliphatic heterocycles. The Hall–Kier alpha value is -2.07. The van der Waals surface area contributed by atoms with Gasteiger partial charge in [-0.15, -0.1) is 13.2 Å². The van der Waals surface area contributed by atoms with E-state index in [-0.39, 0.29) is 29.8 Å². The topological polar surface area (TPSA) is 66.9 Å². The summed E-state index contributed by atoms with van der Waals surface area (Å²) in [6, 6.07) is 4.10. The van der Waals surface area contributed by atoms with Gasteiger partial charge in [-0.25, -0.2) is 8.42 Å². The number of nitrogens with zero attached hydrogens (tertiary/aromatic N) is 2. The van der Waals surface area contributed by atoms with E-state index in [1.807, 2.05) is 6.08 Å². The highest BCUT2D eigenvalue weighted by molar-refractivity contribution is 7.89. The first-order chi connectivity index (χ1) is 13.1. The molecule has 10 heteroatoms. The number of halogens is 3. The molecule has 0 unspecified atom stereocenters. The highest BCUT2D eigenvalue weighted by Gasteiger charge is 2.33. The number of carbonyl (C=O) groups is 1. The summed E-state index contributed by atoms with van der Waals surface area (Å²) in [7, 11) is -3.85. The first kappa shape index (κ1) is 20.7. The van der Waals surface area contributed by atoms with Gasteiger partial charge in [0.15, 0.2) is 0 Å². The minimum atomic E-state index is -4.84. The summed E-state index contributed by atoms with van der Waals surface area (Å²) < 4.78 is 67.0. The quantitative estimate of drug-likeness (QED) is 0.690. The van der Waals surface area contributed by atoms with Crippen molar-refractivity contribution in [1.82, 2.24) is 9.21 Å². The Morgan fingerprint density at radius 3 is 2.29 bits per heavy atom. The fourth-order valence-corrected chi connectivity index (χ4v) is 4.78. The number of ether oxygens (including phenoxy) is 1. The summed E-state index contributed by atoms with van der Waals surface area (Å²) in [4.78, 5) is 13.9. The number of hydrogen-bond donors (Lipinski definition) is 0. The van der Waals surface area contributed by atoms with E-state index in [2.05, 4.69) is 10.8 Å². The van der Waals surface area contributed by atoms with E-state index >= 15 is 0 Å². The SMILES string of the molecule is O=C(C[C@H]1C=CCC1)N1CCN(S(=O)(=O)c2ccc(OC(F)(F)F)cc2)CC1. The molecule has 0 bridgehead atoms. The summed E-state index contributed by atoms with van der Waals surface area (Å²) in [5.74, 6) is -0.211. The summed E-state index contributed by atoms with van der Waals surface area (Å²) >= 11 is 0. The highest BCUT2D eigenvalue weighted by atomic mass is 32.2. The van der Waals surface area contributed by atoms with E-state index in [0.717, 1.165) is 37.1 Å². The van der Waals surface area contributed by atoms with E-state index in [0.29, 0.717) is 19.5 Å². The van der Waals surface area contributed by atoms with Crippen molar-refractivity contribution in [3.8, 4) is 5.75 Å². The average Bonchev–Trinajstić information content (AvgIpc) is 3.14. The van der Waals surface area contributed by atoms with Gasteiger partial charge in [0.1, 0.15) is 5.75 Å². The zero-order valence-electron chi connectivity index (χ0n) is 15.1. The minimum absolute atomic E-state index is 0.0160. The van der Waals surface area contributed by atoms with E-state index in [4.69, 9.17) is 0 Å². The van der Waals surface area contributed by atoms with Crippen LogP contribution in [0.1, 0.15) is 19.3 Å². The maximum Gasteiger partial charge on any atom is 0.573 e. The molecule has 2 aliphatic rings. The summed E-state index contributed by atoms with van der Waals surface area (Å²) in [6.07, 6.45) is 1.66. The second-order valence-corrected chi connectivity index (χ2v) is 8.71. The van der Waals surface area contributed by atoms with Crippen molar-refractivity contribution >= 4 is 15.9 Å². The van der Waals surface area contributed by atoms with Crippen LogP contribution in [0.2, 0.25) is 0 Å². The van der Waals surface area contributed by atoms with Gasteiger partial charge in [-0.05, 0) is 43.0 Å². The average molecular weight is 418 g/mol. The second kappa shape index (κ2) is 8.12. The normalized spacial score (nSPS) is 21.1. The molecule has 0 aromatic heterocycles. The number of carbonyl (C=O) groups excluding carboxylic acids is 1. The fourth-order valence-electron chi connectivity index (χ4n) is 3.36. The van der Waals surface area contributed by atoms with Gasteiger partial charge >= 0.3 is 6.36 Å². The van der Waals surface area contributed by atoms with Gasteiger partial charge in [0.05, 0.1) is 4.90 Å². The van der Waals surface area contributed by atoms with Crippen molar-refractivity contribution in [2.75, 3.05) is 26.2 Å². The molecule has 0 spiro atoms. The van der Waals surface area contributed by atoms with Crippen molar-refractivity contribution in [2.24, 2.45) is 5.92 Å². The third kappa shape index (κ3) is 5.05. The number of allylic oxidation sites excluding steroid dienone is 2. The Morgan fingerprint density at radius 2 is 1.75 bits per heavy atom. The molecular formula is C18H21F3N2O4S. The van der Waals surface area contributed by atoms with Crippen LogP contribution < -0.4 is 4.74 Å².